The molecule has 0 saturated carbocycles. The maximum atomic E-state index is 12.4. The highest BCUT2D eigenvalue weighted by molar-refractivity contribution is 5.80. The predicted octanol–water partition coefficient (Wildman–Crippen LogP) is 4.18. The number of carbonyl (C=O) groups is 1. The average Bonchev–Trinajstić information content (AvgIpc) is 2.62. The molecule has 146 valence electrons. The molecule has 1 amide bonds. The van der Waals surface area contributed by atoms with Crippen molar-refractivity contribution in [1.82, 2.24) is 5.32 Å². The van der Waals surface area contributed by atoms with Crippen LogP contribution in [0.25, 0.3) is 0 Å². The number of hydrogen-bond acceptors (Lipinski definition) is 4. The van der Waals surface area contributed by atoms with Gasteiger partial charge in [0.25, 0.3) is 5.91 Å². The van der Waals surface area contributed by atoms with Crippen molar-refractivity contribution in [3.05, 3.63) is 53.1 Å². The lowest BCUT2D eigenvalue weighted by molar-refractivity contribution is -0.127. The third-order valence-electron chi connectivity index (χ3n) is 4.06. The second-order valence-electron chi connectivity index (χ2n) is 6.90. The van der Waals surface area contributed by atoms with Crippen LogP contribution >= 0.6 is 0 Å². The molecule has 0 bridgehead atoms. The van der Waals surface area contributed by atoms with Gasteiger partial charge in [0.15, 0.2) is 17.6 Å². The zero-order valence-corrected chi connectivity index (χ0v) is 17.0. The first-order valence-electron chi connectivity index (χ1n) is 9.15. The Morgan fingerprint density at radius 1 is 0.963 bits per heavy atom. The third-order valence-corrected chi connectivity index (χ3v) is 4.06. The van der Waals surface area contributed by atoms with Gasteiger partial charge in [0.2, 0.25) is 0 Å². The van der Waals surface area contributed by atoms with E-state index in [9.17, 15) is 4.79 Å². The van der Waals surface area contributed by atoms with E-state index >= 15 is 0 Å². The van der Waals surface area contributed by atoms with Crippen LogP contribution < -0.4 is 19.5 Å². The summed E-state index contributed by atoms with van der Waals surface area (Å²) in [4.78, 5) is 12.4. The summed E-state index contributed by atoms with van der Waals surface area (Å²) in [5.74, 6) is 1.89. The highest BCUT2D eigenvalue weighted by atomic mass is 16.5. The number of rotatable bonds is 8. The fourth-order valence-electron chi connectivity index (χ4n) is 2.68. The molecule has 0 fully saturated rings. The predicted molar refractivity (Wildman–Crippen MR) is 107 cm³/mol. The standard InChI is InChI=1S/C22H29NO4/c1-14(2)26-20-10-8-18(12-21(20)25-6)13-23-22(24)17(5)27-19-9-7-15(3)11-16(19)4/h7-12,14,17H,13H2,1-6H3,(H,23,24). The van der Waals surface area contributed by atoms with Gasteiger partial charge >= 0.3 is 0 Å². The van der Waals surface area contributed by atoms with Crippen LogP contribution in [0.2, 0.25) is 0 Å². The fourth-order valence-corrected chi connectivity index (χ4v) is 2.68. The van der Waals surface area contributed by atoms with Crippen molar-refractivity contribution in [3.63, 3.8) is 0 Å². The summed E-state index contributed by atoms with van der Waals surface area (Å²) < 4.78 is 16.9. The van der Waals surface area contributed by atoms with Gasteiger partial charge in [-0.15, -0.1) is 0 Å². The van der Waals surface area contributed by atoms with Gasteiger partial charge in [0, 0.05) is 6.54 Å². The highest BCUT2D eigenvalue weighted by Crippen LogP contribution is 2.29. The molecular formula is C22H29NO4. The van der Waals surface area contributed by atoms with Gasteiger partial charge in [-0.1, -0.05) is 23.8 Å². The first-order valence-corrected chi connectivity index (χ1v) is 9.15. The molecule has 1 unspecified atom stereocenters. The molecule has 5 heteroatoms. The Kier molecular flexibility index (Phi) is 7.11. The van der Waals surface area contributed by atoms with E-state index in [1.54, 1.807) is 14.0 Å². The van der Waals surface area contributed by atoms with Crippen molar-refractivity contribution in [2.24, 2.45) is 0 Å². The first kappa shape index (κ1) is 20.6. The third kappa shape index (κ3) is 5.91. The van der Waals surface area contributed by atoms with Crippen molar-refractivity contribution in [2.75, 3.05) is 7.11 Å². The molecule has 2 aromatic rings. The van der Waals surface area contributed by atoms with E-state index in [0.29, 0.717) is 18.0 Å². The maximum Gasteiger partial charge on any atom is 0.261 e. The van der Waals surface area contributed by atoms with Crippen LogP contribution in [0.4, 0.5) is 0 Å². The Hall–Kier alpha value is -2.69. The lowest BCUT2D eigenvalue weighted by Gasteiger charge is -2.17. The summed E-state index contributed by atoms with van der Waals surface area (Å²) >= 11 is 0. The Morgan fingerprint density at radius 2 is 1.67 bits per heavy atom. The quantitative estimate of drug-likeness (QED) is 0.756. The average molecular weight is 371 g/mol. The molecular weight excluding hydrogens is 342 g/mol. The van der Waals surface area contributed by atoms with Crippen LogP contribution in [0.1, 0.15) is 37.5 Å². The minimum absolute atomic E-state index is 0.0627. The number of methoxy groups -OCH3 is 1. The molecule has 0 saturated heterocycles. The van der Waals surface area contributed by atoms with Crippen LogP contribution in [-0.2, 0) is 11.3 Å². The molecule has 0 aromatic heterocycles. The number of hydrogen-bond donors (Lipinski definition) is 1. The lowest BCUT2D eigenvalue weighted by atomic mass is 10.1. The summed E-state index contributed by atoms with van der Waals surface area (Å²) in [7, 11) is 1.60. The van der Waals surface area contributed by atoms with Crippen LogP contribution in [0.3, 0.4) is 0 Å². The molecule has 2 aromatic carbocycles. The van der Waals surface area contributed by atoms with Crippen molar-refractivity contribution in [1.29, 1.82) is 0 Å². The van der Waals surface area contributed by atoms with Gasteiger partial charge in [-0.05, 0) is 63.9 Å². The van der Waals surface area contributed by atoms with E-state index in [-0.39, 0.29) is 12.0 Å². The Morgan fingerprint density at radius 3 is 2.30 bits per heavy atom. The second-order valence-corrected chi connectivity index (χ2v) is 6.90. The van der Waals surface area contributed by atoms with Gasteiger partial charge in [0.1, 0.15) is 5.75 Å². The molecule has 0 aliphatic rings. The molecule has 0 radical (unpaired) electrons. The van der Waals surface area contributed by atoms with Gasteiger partial charge in [-0.3, -0.25) is 4.79 Å². The molecule has 1 atom stereocenters. The van der Waals surface area contributed by atoms with E-state index < -0.39 is 6.10 Å². The van der Waals surface area contributed by atoms with Crippen LogP contribution in [0.15, 0.2) is 36.4 Å². The van der Waals surface area contributed by atoms with Gasteiger partial charge in [0.05, 0.1) is 13.2 Å². The van der Waals surface area contributed by atoms with E-state index in [1.807, 2.05) is 64.1 Å². The molecule has 5 nitrogen and oxygen atoms in total. The number of benzene rings is 2. The fraction of sp³-hybridized carbons (Fsp3) is 0.409. The molecule has 27 heavy (non-hydrogen) atoms. The van der Waals surface area contributed by atoms with Gasteiger partial charge in [-0.25, -0.2) is 0 Å². The minimum Gasteiger partial charge on any atom is -0.493 e. The van der Waals surface area contributed by atoms with Crippen LogP contribution in [-0.4, -0.2) is 25.2 Å². The topological polar surface area (TPSA) is 56.8 Å². The van der Waals surface area contributed by atoms with E-state index in [1.165, 1.54) is 0 Å². The summed E-state index contributed by atoms with van der Waals surface area (Å²) in [5, 5.41) is 2.90. The summed E-state index contributed by atoms with van der Waals surface area (Å²) in [5.41, 5.74) is 3.10. The molecule has 0 heterocycles. The van der Waals surface area contributed by atoms with Crippen molar-refractivity contribution in [3.8, 4) is 17.2 Å². The van der Waals surface area contributed by atoms with Crippen molar-refractivity contribution >= 4 is 5.91 Å². The SMILES string of the molecule is COc1cc(CNC(=O)C(C)Oc2ccc(C)cc2C)ccc1OC(C)C. The minimum atomic E-state index is -0.586. The first-order chi connectivity index (χ1) is 12.8. The molecule has 1 N–H and O–H groups in total. The summed E-state index contributed by atoms with van der Waals surface area (Å²) in [6.45, 7) is 10.1. The largest absolute Gasteiger partial charge is 0.493 e. The number of carbonyl (C=O) groups excluding carboxylic acids is 1. The molecule has 2 rings (SSSR count). The second kappa shape index (κ2) is 9.31. The number of ether oxygens (including phenoxy) is 3. The molecule has 0 aliphatic heterocycles. The molecule has 0 spiro atoms. The lowest BCUT2D eigenvalue weighted by Crippen LogP contribution is -2.36. The zero-order chi connectivity index (χ0) is 20.0. The Bertz CT molecular complexity index is 786. The number of aryl methyl sites for hydroxylation is 2. The van der Waals surface area contributed by atoms with Crippen molar-refractivity contribution < 1.29 is 19.0 Å². The zero-order valence-electron chi connectivity index (χ0n) is 17.0. The summed E-state index contributed by atoms with van der Waals surface area (Å²) in [6, 6.07) is 11.5. The Balaban J connectivity index is 1.96. The van der Waals surface area contributed by atoms with Crippen LogP contribution in [0.5, 0.6) is 17.2 Å². The van der Waals surface area contributed by atoms with Gasteiger partial charge < -0.3 is 19.5 Å². The van der Waals surface area contributed by atoms with Crippen molar-refractivity contribution in [2.45, 2.75) is 53.4 Å². The maximum absolute atomic E-state index is 12.4. The number of amides is 1. The monoisotopic (exact) mass is 371 g/mol. The normalized spacial score (nSPS) is 11.8. The van der Waals surface area contributed by atoms with E-state index in [4.69, 9.17) is 14.2 Å². The highest BCUT2D eigenvalue weighted by Gasteiger charge is 2.16. The Labute approximate surface area is 161 Å². The van der Waals surface area contributed by atoms with E-state index in [2.05, 4.69) is 5.32 Å². The molecule has 0 aliphatic carbocycles. The van der Waals surface area contributed by atoms with E-state index in [0.717, 1.165) is 22.4 Å². The summed E-state index contributed by atoms with van der Waals surface area (Å²) in [6.07, 6.45) is -0.524. The smallest absolute Gasteiger partial charge is 0.261 e. The van der Waals surface area contributed by atoms with Gasteiger partial charge in [-0.2, -0.15) is 0 Å². The van der Waals surface area contributed by atoms with Crippen LogP contribution in [0, 0.1) is 13.8 Å². The number of nitrogens with one attached hydrogen (secondary N) is 1.